The van der Waals surface area contributed by atoms with Crippen LogP contribution in [-0.4, -0.2) is 83.1 Å². The molecule has 9 heteroatoms. The zero-order valence-electron chi connectivity index (χ0n) is 18.1. The van der Waals surface area contributed by atoms with E-state index in [1.807, 2.05) is 23.1 Å². The minimum absolute atomic E-state index is 0.147. The fraction of sp³-hybridized carbons (Fsp3) is 0.565. The van der Waals surface area contributed by atoms with E-state index >= 15 is 0 Å². The number of piperazine rings is 1. The van der Waals surface area contributed by atoms with Gasteiger partial charge in [0.05, 0.1) is 6.04 Å². The first kappa shape index (κ1) is 21.1. The van der Waals surface area contributed by atoms with Crippen LogP contribution in [0.15, 0.2) is 18.2 Å². The minimum Gasteiger partial charge on any atom is -0.339 e. The fourth-order valence-corrected chi connectivity index (χ4v) is 5.43. The summed E-state index contributed by atoms with van der Waals surface area (Å²) in [5.74, 6) is -0.655. The zero-order valence-corrected chi connectivity index (χ0v) is 18.1. The third kappa shape index (κ3) is 3.80. The first-order valence-electron chi connectivity index (χ1n) is 11.5. The van der Waals surface area contributed by atoms with E-state index in [0.29, 0.717) is 25.1 Å². The number of hydrogen-bond donors (Lipinski definition) is 2. The molecular weight excluding hydrogens is 410 g/mol. The number of likely N-dealkylation sites (tertiary alicyclic amines) is 1. The average molecular weight is 440 g/mol. The molecule has 4 amide bonds. The normalized spacial score (nSPS) is 26.4. The standard InChI is InChI=1S/C23H29N5O4/c29-19-7-6-17(21(30)25-19)28-14-16-4-1-3-15(20(16)23(28)32)13-27-10-2-5-18(27)22(31)26-11-8-24-9-12-26/h1,3-4,17-18,24H,2,5-14H2,(H,25,29,30). The molecule has 4 aliphatic rings. The molecule has 0 saturated carbocycles. The molecular formula is C23H29N5O4. The molecule has 1 aromatic rings. The van der Waals surface area contributed by atoms with Gasteiger partial charge in [0, 0.05) is 51.3 Å². The number of nitrogens with zero attached hydrogens (tertiary/aromatic N) is 3. The molecule has 0 aromatic heterocycles. The lowest BCUT2D eigenvalue weighted by molar-refractivity contribution is -0.137. The van der Waals surface area contributed by atoms with Crippen molar-refractivity contribution < 1.29 is 19.2 Å². The largest absolute Gasteiger partial charge is 0.339 e. The quantitative estimate of drug-likeness (QED) is 0.633. The van der Waals surface area contributed by atoms with E-state index < -0.39 is 11.9 Å². The van der Waals surface area contributed by atoms with Crippen LogP contribution in [0.4, 0.5) is 0 Å². The molecule has 0 spiro atoms. The molecule has 170 valence electrons. The summed E-state index contributed by atoms with van der Waals surface area (Å²) < 4.78 is 0. The number of nitrogens with one attached hydrogen (secondary N) is 2. The van der Waals surface area contributed by atoms with Gasteiger partial charge in [0.25, 0.3) is 5.91 Å². The number of rotatable bonds is 4. The van der Waals surface area contributed by atoms with E-state index in [4.69, 9.17) is 0 Å². The van der Waals surface area contributed by atoms with Crippen LogP contribution in [0, 0.1) is 0 Å². The molecule has 4 heterocycles. The highest BCUT2D eigenvalue weighted by molar-refractivity contribution is 6.06. The number of hydrogen-bond acceptors (Lipinski definition) is 6. The van der Waals surface area contributed by atoms with Gasteiger partial charge in [-0.3, -0.25) is 29.4 Å². The lowest BCUT2D eigenvalue weighted by Gasteiger charge is -2.33. The van der Waals surface area contributed by atoms with E-state index in [1.54, 1.807) is 4.90 Å². The first-order chi connectivity index (χ1) is 15.5. The number of piperidine rings is 1. The van der Waals surface area contributed by atoms with Crippen molar-refractivity contribution in [1.29, 1.82) is 0 Å². The van der Waals surface area contributed by atoms with Gasteiger partial charge >= 0.3 is 0 Å². The summed E-state index contributed by atoms with van der Waals surface area (Å²) in [6.07, 6.45) is 2.40. The highest BCUT2D eigenvalue weighted by Gasteiger charge is 2.41. The predicted octanol–water partition coefficient (Wildman–Crippen LogP) is -0.156. The van der Waals surface area contributed by atoms with Crippen molar-refractivity contribution in [1.82, 2.24) is 25.3 Å². The van der Waals surface area contributed by atoms with E-state index in [-0.39, 0.29) is 30.2 Å². The number of benzene rings is 1. The molecule has 1 aromatic carbocycles. The molecule has 5 rings (SSSR count). The maximum atomic E-state index is 13.3. The molecule has 4 aliphatic heterocycles. The van der Waals surface area contributed by atoms with Crippen molar-refractivity contribution in [3.05, 3.63) is 34.9 Å². The molecule has 0 aliphatic carbocycles. The van der Waals surface area contributed by atoms with Gasteiger partial charge in [-0.05, 0) is 36.9 Å². The second-order valence-electron chi connectivity index (χ2n) is 9.06. The predicted molar refractivity (Wildman–Crippen MR) is 115 cm³/mol. The summed E-state index contributed by atoms with van der Waals surface area (Å²) in [5, 5.41) is 5.63. The zero-order chi connectivity index (χ0) is 22.2. The third-order valence-corrected chi connectivity index (χ3v) is 7.09. The van der Waals surface area contributed by atoms with Crippen molar-refractivity contribution in [2.45, 2.75) is 50.9 Å². The second kappa shape index (κ2) is 8.63. The highest BCUT2D eigenvalue weighted by Crippen LogP contribution is 2.32. The van der Waals surface area contributed by atoms with Gasteiger partial charge in [0.2, 0.25) is 17.7 Å². The van der Waals surface area contributed by atoms with Gasteiger partial charge in [-0.25, -0.2) is 0 Å². The number of imide groups is 1. The fourth-order valence-electron chi connectivity index (χ4n) is 5.43. The number of carbonyl (C=O) groups excluding carboxylic acids is 4. The van der Waals surface area contributed by atoms with Crippen molar-refractivity contribution in [2.24, 2.45) is 0 Å². The van der Waals surface area contributed by atoms with E-state index in [1.165, 1.54) is 0 Å². The Bertz CT molecular complexity index is 958. The highest BCUT2D eigenvalue weighted by atomic mass is 16.2. The second-order valence-corrected chi connectivity index (χ2v) is 9.06. The summed E-state index contributed by atoms with van der Waals surface area (Å²) in [6, 6.07) is 5.06. The van der Waals surface area contributed by atoms with Gasteiger partial charge in [0.15, 0.2) is 0 Å². The van der Waals surface area contributed by atoms with Gasteiger partial charge in [-0.2, -0.15) is 0 Å². The van der Waals surface area contributed by atoms with Crippen LogP contribution in [0.1, 0.15) is 47.2 Å². The third-order valence-electron chi connectivity index (χ3n) is 7.09. The molecule has 9 nitrogen and oxygen atoms in total. The number of fused-ring (bicyclic) bond motifs is 1. The Morgan fingerprint density at radius 3 is 2.66 bits per heavy atom. The van der Waals surface area contributed by atoms with Crippen LogP contribution in [0.2, 0.25) is 0 Å². The van der Waals surface area contributed by atoms with E-state index in [0.717, 1.165) is 56.7 Å². The molecule has 2 atom stereocenters. The topological polar surface area (TPSA) is 102 Å². The molecule has 3 fully saturated rings. The average Bonchev–Trinajstić information content (AvgIpc) is 3.39. The molecule has 2 N–H and O–H groups in total. The van der Waals surface area contributed by atoms with Gasteiger partial charge in [-0.1, -0.05) is 18.2 Å². The van der Waals surface area contributed by atoms with Crippen LogP contribution in [0.3, 0.4) is 0 Å². The van der Waals surface area contributed by atoms with Crippen LogP contribution >= 0.6 is 0 Å². The molecule has 0 radical (unpaired) electrons. The van der Waals surface area contributed by atoms with Crippen LogP contribution in [-0.2, 0) is 27.5 Å². The van der Waals surface area contributed by atoms with E-state index in [2.05, 4.69) is 15.5 Å². The van der Waals surface area contributed by atoms with Gasteiger partial charge in [0.1, 0.15) is 6.04 Å². The van der Waals surface area contributed by atoms with Crippen molar-refractivity contribution in [2.75, 3.05) is 32.7 Å². The Balaban J connectivity index is 1.33. The van der Waals surface area contributed by atoms with E-state index in [9.17, 15) is 19.2 Å². The Labute approximate surface area is 187 Å². The maximum Gasteiger partial charge on any atom is 0.255 e. The summed E-state index contributed by atoms with van der Waals surface area (Å²) in [7, 11) is 0. The smallest absolute Gasteiger partial charge is 0.255 e. The minimum atomic E-state index is -0.616. The van der Waals surface area contributed by atoms with Crippen molar-refractivity contribution >= 4 is 23.6 Å². The molecule has 0 bridgehead atoms. The number of carbonyl (C=O) groups is 4. The lowest BCUT2D eigenvalue weighted by atomic mass is 10.0. The van der Waals surface area contributed by atoms with Crippen LogP contribution in [0.5, 0.6) is 0 Å². The summed E-state index contributed by atoms with van der Waals surface area (Å²) in [5.41, 5.74) is 2.46. The maximum absolute atomic E-state index is 13.3. The van der Waals surface area contributed by atoms with Crippen LogP contribution in [0.25, 0.3) is 0 Å². The Morgan fingerprint density at radius 1 is 1.06 bits per heavy atom. The lowest BCUT2D eigenvalue weighted by Crippen LogP contribution is -2.52. The SMILES string of the molecule is O=C1CCC(N2Cc3cccc(CN4CCCC4C(=O)N4CCNCC4)c3C2=O)C(=O)N1. The summed E-state index contributed by atoms with van der Waals surface area (Å²) >= 11 is 0. The molecule has 32 heavy (non-hydrogen) atoms. The summed E-state index contributed by atoms with van der Waals surface area (Å²) in [4.78, 5) is 56.0. The van der Waals surface area contributed by atoms with Gasteiger partial charge < -0.3 is 15.1 Å². The Kier molecular flexibility index (Phi) is 5.69. The van der Waals surface area contributed by atoms with Crippen LogP contribution < -0.4 is 10.6 Å². The molecule has 2 unspecified atom stereocenters. The number of amides is 4. The molecule has 3 saturated heterocycles. The van der Waals surface area contributed by atoms with Gasteiger partial charge in [-0.15, -0.1) is 0 Å². The van der Waals surface area contributed by atoms with Crippen molar-refractivity contribution in [3.63, 3.8) is 0 Å². The summed E-state index contributed by atoms with van der Waals surface area (Å²) in [6.45, 7) is 4.88. The first-order valence-corrected chi connectivity index (χ1v) is 11.5. The monoisotopic (exact) mass is 439 g/mol. The Hall–Kier alpha value is -2.78. The Morgan fingerprint density at radius 2 is 1.88 bits per heavy atom. The van der Waals surface area contributed by atoms with Crippen molar-refractivity contribution in [3.8, 4) is 0 Å².